The lowest BCUT2D eigenvalue weighted by atomic mass is 10.1. The van der Waals surface area contributed by atoms with Crippen molar-refractivity contribution in [2.45, 2.75) is 26.3 Å². The predicted octanol–water partition coefficient (Wildman–Crippen LogP) is 2.33. The highest BCUT2D eigenvalue weighted by atomic mass is 15.2. The van der Waals surface area contributed by atoms with Crippen LogP contribution >= 0.6 is 0 Å². The van der Waals surface area contributed by atoms with Crippen molar-refractivity contribution in [3.63, 3.8) is 0 Å². The van der Waals surface area contributed by atoms with Crippen molar-refractivity contribution >= 4 is 5.69 Å². The molecule has 22 heavy (non-hydrogen) atoms. The average molecular weight is 299 g/mol. The van der Waals surface area contributed by atoms with E-state index >= 15 is 0 Å². The Labute approximate surface area is 132 Å². The zero-order valence-corrected chi connectivity index (χ0v) is 13.5. The lowest BCUT2D eigenvalue weighted by Gasteiger charge is -2.21. The Kier molecular flexibility index (Phi) is 4.73. The molecule has 1 aromatic carbocycles. The van der Waals surface area contributed by atoms with Crippen molar-refractivity contribution in [1.29, 1.82) is 0 Å². The fourth-order valence-electron chi connectivity index (χ4n) is 3.18. The second-order valence-electron chi connectivity index (χ2n) is 6.18. The molecule has 1 N–H and O–H groups in total. The van der Waals surface area contributed by atoms with Crippen molar-refractivity contribution in [3.05, 3.63) is 42.0 Å². The van der Waals surface area contributed by atoms with Crippen LogP contribution in [0.1, 0.15) is 25.0 Å². The summed E-state index contributed by atoms with van der Waals surface area (Å²) in [5.74, 6) is 2.59. The number of hydrogen-bond donors (Lipinski definition) is 1. The number of aromatic amines is 1. The van der Waals surface area contributed by atoms with Crippen molar-refractivity contribution in [3.8, 4) is 0 Å². The first-order valence-corrected chi connectivity index (χ1v) is 8.13. The molecule has 1 aromatic heterocycles. The molecule has 5 nitrogen and oxygen atoms in total. The van der Waals surface area contributed by atoms with E-state index in [1.165, 1.54) is 12.1 Å². The minimum absolute atomic E-state index is 0.721. The highest BCUT2D eigenvalue weighted by molar-refractivity contribution is 5.46. The molecule has 1 atom stereocenters. The highest BCUT2D eigenvalue weighted by Crippen LogP contribution is 2.24. The van der Waals surface area contributed by atoms with Gasteiger partial charge in [0.15, 0.2) is 0 Å². The fourth-order valence-corrected chi connectivity index (χ4v) is 3.18. The molecule has 1 aliphatic heterocycles. The summed E-state index contributed by atoms with van der Waals surface area (Å²) in [6.07, 6.45) is 2.14. The summed E-state index contributed by atoms with van der Waals surface area (Å²) in [6.45, 7) is 6.32. The molecule has 118 valence electrons. The third-order valence-corrected chi connectivity index (χ3v) is 4.29. The molecule has 0 unspecified atom stereocenters. The number of para-hydroxylation sites is 1. The summed E-state index contributed by atoms with van der Waals surface area (Å²) in [7, 11) is 2.17. The Bertz CT molecular complexity index is 580. The first kappa shape index (κ1) is 15.0. The number of hydrogen-bond acceptors (Lipinski definition) is 4. The van der Waals surface area contributed by atoms with E-state index in [9.17, 15) is 0 Å². The molecular formula is C17H25N5. The van der Waals surface area contributed by atoms with Crippen LogP contribution < -0.4 is 4.90 Å². The maximum absolute atomic E-state index is 4.49. The molecular weight excluding hydrogens is 274 g/mol. The Morgan fingerprint density at radius 3 is 2.86 bits per heavy atom. The standard InChI is InChI=1S/C17H25N5/c1-3-16-18-17(20-19-16)13-21(2)11-14-9-10-22(12-14)15-7-5-4-6-8-15/h4-8,14H,3,9-13H2,1-2H3,(H,18,19,20)/t14-/m1/s1. The molecule has 2 aromatic rings. The fraction of sp³-hybridized carbons (Fsp3) is 0.529. The van der Waals surface area contributed by atoms with Gasteiger partial charge in [-0.3, -0.25) is 10.00 Å². The summed E-state index contributed by atoms with van der Waals surface area (Å²) in [6, 6.07) is 10.7. The predicted molar refractivity (Wildman–Crippen MR) is 88.9 cm³/mol. The van der Waals surface area contributed by atoms with E-state index in [1.54, 1.807) is 0 Å². The van der Waals surface area contributed by atoms with Gasteiger partial charge in [0, 0.05) is 31.7 Å². The quantitative estimate of drug-likeness (QED) is 0.889. The zero-order valence-electron chi connectivity index (χ0n) is 13.5. The number of nitrogens with zero attached hydrogens (tertiary/aromatic N) is 4. The van der Waals surface area contributed by atoms with Gasteiger partial charge in [-0.25, -0.2) is 4.98 Å². The Balaban J connectivity index is 1.49. The molecule has 0 radical (unpaired) electrons. The summed E-state index contributed by atoms with van der Waals surface area (Å²) in [5.41, 5.74) is 1.34. The van der Waals surface area contributed by atoms with Gasteiger partial charge >= 0.3 is 0 Å². The molecule has 0 aliphatic carbocycles. The summed E-state index contributed by atoms with van der Waals surface area (Å²) >= 11 is 0. The van der Waals surface area contributed by atoms with E-state index in [4.69, 9.17) is 0 Å². The van der Waals surface area contributed by atoms with Gasteiger partial charge in [-0.15, -0.1) is 0 Å². The molecule has 3 rings (SSSR count). The summed E-state index contributed by atoms with van der Waals surface area (Å²) in [5, 5.41) is 7.23. The largest absolute Gasteiger partial charge is 0.371 e. The van der Waals surface area contributed by atoms with Crippen LogP contribution in [-0.4, -0.2) is 46.8 Å². The van der Waals surface area contributed by atoms with Gasteiger partial charge in [0.25, 0.3) is 0 Å². The van der Waals surface area contributed by atoms with Crippen LogP contribution in [0.15, 0.2) is 30.3 Å². The van der Waals surface area contributed by atoms with Crippen LogP contribution in [-0.2, 0) is 13.0 Å². The van der Waals surface area contributed by atoms with Gasteiger partial charge in [0.05, 0.1) is 6.54 Å². The maximum Gasteiger partial charge on any atom is 0.150 e. The molecule has 1 aliphatic rings. The molecule has 5 heteroatoms. The lowest BCUT2D eigenvalue weighted by molar-refractivity contribution is 0.273. The van der Waals surface area contributed by atoms with Crippen LogP contribution in [0.4, 0.5) is 5.69 Å². The third-order valence-electron chi connectivity index (χ3n) is 4.29. The van der Waals surface area contributed by atoms with E-state index in [0.29, 0.717) is 0 Å². The molecule has 0 spiro atoms. The molecule has 2 heterocycles. The number of aryl methyl sites for hydroxylation is 1. The van der Waals surface area contributed by atoms with Gasteiger partial charge < -0.3 is 4.90 Å². The van der Waals surface area contributed by atoms with Crippen molar-refractivity contribution in [2.24, 2.45) is 5.92 Å². The molecule has 0 saturated carbocycles. The SMILES string of the molecule is CCc1n[nH]c(CN(C)C[C@H]2CCN(c3ccccc3)C2)n1. The smallest absolute Gasteiger partial charge is 0.150 e. The first-order chi connectivity index (χ1) is 10.7. The molecule has 0 bridgehead atoms. The second kappa shape index (κ2) is 6.92. The van der Waals surface area contributed by atoms with Crippen LogP contribution in [0.25, 0.3) is 0 Å². The monoisotopic (exact) mass is 299 g/mol. The topological polar surface area (TPSA) is 48.1 Å². The maximum atomic E-state index is 4.49. The summed E-state index contributed by atoms with van der Waals surface area (Å²) < 4.78 is 0. The van der Waals surface area contributed by atoms with E-state index in [-0.39, 0.29) is 0 Å². The first-order valence-electron chi connectivity index (χ1n) is 8.13. The molecule has 1 fully saturated rings. The van der Waals surface area contributed by atoms with Gasteiger partial charge in [0.1, 0.15) is 11.6 Å². The number of anilines is 1. The molecule has 0 amide bonds. The van der Waals surface area contributed by atoms with Crippen LogP contribution in [0.5, 0.6) is 0 Å². The number of rotatable bonds is 6. The Hall–Kier alpha value is -1.88. The van der Waals surface area contributed by atoms with Gasteiger partial charge in [-0.05, 0) is 31.5 Å². The Morgan fingerprint density at radius 1 is 1.32 bits per heavy atom. The van der Waals surface area contributed by atoms with Crippen LogP contribution in [0.2, 0.25) is 0 Å². The van der Waals surface area contributed by atoms with Crippen molar-refractivity contribution in [2.75, 3.05) is 31.6 Å². The minimum Gasteiger partial charge on any atom is -0.371 e. The normalized spacial score (nSPS) is 18.3. The van der Waals surface area contributed by atoms with E-state index < -0.39 is 0 Å². The van der Waals surface area contributed by atoms with E-state index in [1.807, 2.05) is 0 Å². The van der Waals surface area contributed by atoms with Crippen LogP contribution in [0.3, 0.4) is 0 Å². The van der Waals surface area contributed by atoms with Crippen molar-refractivity contribution < 1.29 is 0 Å². The van der Waals surface area contributed by atoms with E-state index in [2.05, 4.69) is 69.3 Å². The number of aromatic nitrogens is 3. The van der Waals surface area contributed by atoms with E-state index in [0.717, 1.165) is 50.2 Å². The molecule has 1 saturated heterocycles. The zero-order chi connectivity index (χ0) is 15.4. The van der Waals surface area contributed by atoms with Crippen molar-refractivity contribution in [1.82, 2.24) is 20.1 Å². The third kappa shape index (κ3) is 3.65. The van der Waals surface area contributed by atoms with Crippen LogP contribution in [0, 0.1) is 5.92 Å². The minimum atomic E-state index is 0.721. The van der Waals surface area contributed by atoms with Gasteiger partial charge in [0.2, 0.25) is 0 Å². The lowest BCUT2D eigenvalue weighted by Crippen LogP contribution is -2.28. The number of benzene rings is 1. The highest BCUT2D eigenvalue weighted by Gasteiger charge is 2.23. The second-order valence-corrected chi connectivity index (χ2v) is 6.18. The average Bonchev–Trinajstić information content (AvgIpc) is 3.17. The summed E-state index contributed by atoms with van der Waals surface area (Å²) in [4.78, 5) is 9.32. The van der Waals surface area contributed by atoms with Gasteiger partial charge in [-0.2, -0.15) is 5.10 Å². The number of H-pyrrole nitrogens is 1. The van der Waals surface area contributed by atoms with Gasteiger partial charge in [-0.1, -0.05) is 25.1 Å². The Morgan fingerprint density at radius 2 is 2.14 bits per heavy atom. The number of nitrogens with one attached hydrogen (secondary N) is 1.